The average molecular weight is 1100 g/mol. The molecule has 3 amide bonds. The quantitative estimate of drug-likeness (QED) is 0.0454. The summed E-state index contributed by atoms with van der Waals surface area (Å²) in [7, 11) is 0. The minimum absolute atomic E-state index is 0.0129. The minimum Gasteiger partial charge on any atom is -0.508 e. The lowest BCUT2D eigenvalue weighted by Crippen LogP contribution is -2.57. The lowest BCUT2D eigenvalue weighted by atomic mass is 9.85. The van der Waals surface area contributed by atoms with E-state index in [-0.39, 0.29) is 69.3 Å². The Morgan fingerprint density at radius 2 is 1.66 bits per heavy atom. The van der Waals surface area contributed by atoms with Gasteiger partial charge in [0.2, 0.25) is 17.7 Å². The van der Waals surface area contributed by atoms with Gasteiger partial charge in [-0.1, -0.05) is 63.4 Å². The first-order valence-electron chi connectivity index (χ1n) is 27.9. The molecule has 19 heteroatoms. The molecule has 416 valence electrons. The molecule has 3 aromatic carbocycles. The SMILES string of the molecule is C#Cc1c(F)ccc2cc(O)cc(-c3ncc4c(N5CC6CCC(C5)N6)nc(OCCCN5CCN(CCCCCC(=O)N[C@H](C(=O)N6CCC[C@H]6C(=O)NCc6ccc(-c7scnc7C)cc6)C(C)(C)C)CC5)nc4c3F)c12. The molecule has 16 nitrogen and oxygen atoms in total. The van der Waals surface area contributed by atoms with Crippen LogP contribution in [0.4, 0.5) is 14.6 Å². The van der Waals surface area contributed by atoms with Crippen LogP contribution in [0.25, 0.3) is 43.4 Å². The maximum Gasteiger partial charge on any atom is 0.319 e. The van der Waals surface area contributed by atoms with Crippen LogP contribution in [0.5, 0.6) is 11.8 Å². The number of nitrogens with one attached hydrogen (secondary N) is 3. The number of hydrogen-bond donors (Lipinski definition) is 4. The minimum atomic E-state index is -0.758. The van der Waals surface area contributed by atoms with E-state index in [4.69, 9.17) is 16.1 Å². The number of terminal acetylenes is 1. The molecule has 0 radical (unpaired) electrons. The molecular weight excluding hydrogens is 1020 g/mol. The summed E-state index contributed by atoms with van der Waals surface area (Å²) in [5.41, 5.74) is 4.32. The van der Waals surface area contributed by atoms with Crippen LogP contribution in [0.15, 0.2) is 60.2 Å². The van der Waals surface area contributed by atoms with Gasteiger partial charge in [0.15, 0.2) is 5.82 Å². The highest BCUT2D eigenvalue weighted by molar-refractivity contribution is 7.13. The first-order valence-corrected chi connectivity index (χ1v) is 28.7. The van der Waals surface area contributed by atoms with E-state index >= 15 is 8.78 Å². The summed E-state index contributed by atoms with van der Waals surface area (Å²) < 4.78 is 38.2. The summed E-state index contributed by atoms with van der Waals surface area (Å²) in [4.78, 5) is 69.1. The Bertz CT molecular complexity index is 3230. The third-order valence-corrected chi connectivity index (χ3v) is 17.0. The van der Waals surface area contributed by atoms with E-state index in [1.165, 1.54) is 30.5 Å². The van der Waals surface area contributed by atoms with Crippen molar-refractivity contribution < 1.29 is 33.0 Å². The number of likely N-dealkylation sites (tertiary alicyclic amines) is 1. The van der Waals surface area contributed by atoms with Gasteiger partial charge in [0.25, 0.3) is 0 Å². The molecule has 6 aromatic rings. The molecule has 3 aromatic heterocycles. The number of benzene rings is 3. The number of ether oxygens (including phenoxy) is 1. The van der Waals surface area contributed by atoms with E-state index in [0.717, 1.165) is 93.1 Å². The monoisotopic (exact) mass is 1100 g/mol. The first kappa shape index (κ1) is 55.5. The number of phenolic OH excluding ortho intramolecular Hbond substituents is 1. The van der Waals surface area contributed by atoms with Crippen LogP contribution in [-0.2, 0) is 20.9 Å². The van der Waals surface area contributed by atoms with Gasteiger partial charge in [-0.2, -0.15) is 9.97 Å². The molecule has 0 saturated carbocycles. The number of nitrogens with zero attached hydrogens (tertiary/aromatic N) is 8. The van der Waals surface area contributed by atoms with E-state index in [2.05, 4.69) is 51.5 Å². The van der Waals surface area contributed by atoms with Gasteiger partial charge in [-0.25, -0.2) is 13.8 Å². The second-order valence-corrected chi connectivity index (χ2v) is 23.5. The topological polar surface area (TPSA) is 181 Å². The Morgan fingerprint density at radius 3 is 2.35 bits per heavy atom. The van der Waals surface area contributed by atoms with E-state index in [1.54, 1.807) is 16.2 Å². The van der Waals surface area contributed by atoms with Gasteiger partial charge in [0.05, 0.1) is 33.6 Å². The smallest absolute Gasteiger partial charge is 0.319 e. The van der Waals surface area contributed by atoms with E-state index in [9.17, 15) is 19.5 Å². The number of piperazine rings is 2. The van der Waals surface area contributed by atoms with Crippen molar-refractivity contribution in [2.45, 2.75) is 116 Å². The molecular formula is C60H71F2N11O5S. The third-order valence-electron chi connectivity index (χ3n) is 16.0. The number of aromatic hydroxyl groups is 1. The van der Waals surface area contributed by atoms with Gasteiger partial charge < -0.3 is 45.4 Å². The molecule has 4 aliphatic rings. The number of aryl methyl sites for hydroxylation is 1. The zero-order chi connectivity index (χ0) is 55.4. The molecule has 4 atom stereocenters. The van der Waals surface area contributed by atoms with Gasteiger partial charge in [0.1, 0.15) is 40.7 Å². The molecule has 4 saturated heterocycles. The maximum absolute atomic E-state index is 17.0. The zero-order valence-electron chi connectivity index (χ0n) is 45.6. The molecule has 79 heavy (non-hydrogen) atoms. The number of halogens is 2. The van der Waals surface area contributed by atoms with Crippen LogP contribution in [0.3, 0.4) is 0 Å². The van der Waals surface area contributed by atoms with Gasteiger partial charge in [-0.3, -0.25) is 19.4 Å². The van der Waals surface area contributed by atoms with Crippen LogP contribution < -0.4 is 25.6 Å². The van der Waals surface area contributed by atoms with Crippen LogP contribution in [0.1, 0.15) is 95.4 Å². The number of amides is 3. The predicted molar refractivity (Wildman–Crippen MR) is 304 cm³/mol. The second-order valence-electron chi connectivity index (χ2n) is 22.6. The fraction of sp³-hybridized carbons (Fsp3) is 0.483. The Labute approximate surface area is 464 Å². The van der Waals surface area contributed by atoms with Crippen molar-refractivity contribution in [3.8, 4) is 45.8 Å². The zero-order valence-corrected chi connectivity index (χ0v) is 46.4. The van der Waals surface area contributed by atoms with Crippen molar-refractivity contribution in [1.29, 1.82) is 0 Å². The number of hydrogen-bond acceptors (Lipinski definition) is 14. The van der Waals surface area contributed by atoms with Crippen molar-refractivity contribution in [2.24, 2.45) is 5.41 Å². The van der Waals surface area contributed by atoms with Crippen molar-refractivity contribution in [2.75, 3.05) is 70.4 Å². The summed E-state index contributed by atoms with van der Waals surface area (Å²) in [6, 6.07) is 12.9. The summed E-state index contributed by atoms with van der Waals surface area (Å²) in [6.45, 7) is 15.8. The first-order chi connectivity index (χ1) is 38.1. The second kappa shape index (κ2) is 24.3. The number of fused-ring (bicyclic) bond motifs is 4. The van der Waals surface area contributed by atoms with Crippen molar-refractivity contribution in [3.05, 3.63) is 88.7 Å². The number of carbonyl (C=O) groups is 3. The van der Waals surface area contributed by atoms with E-state index in [1.807, 2.05) is 57.5 Å². The molecule has 2 unspecified atom stereocenters. The number of anilines is 1. The van der Waals surface area contributed by atoms with Crippen molar-refractivity contribution >= 4 is 56.6 Å². The summed E-state index contributed by atoms with van der Waals surface area (Å²) in [6.07, 6.45) is 14.3. The Hall–Kier alpha value is -6.85. The van der Waals surface area contributed by atoms with Crippen LogP contribution in [-0.4, -0.2) is 147 Å². The largest absolute Gasteiger partial charge is 0.508 e. The van der Waals surface area contributed by atoms with Crippen LogP contribution >= 0.6 is 11.3 Å². The summed E-state index contributed by atoms with van der Waals surface area (Å²) in [5, 5.41) is 21.6. The number of rotatable bonds is 19. The van der Waals surface area contributed by atoms with Gasteiger partial charge in [-0.15, -0.1) is 17.8 Å². The molecule has 4 N–H and O–H groups in total. The molecule has 4 aliphatic heterocycles. The number of unbranched alkanes of at least 4 members (excludes halogenated alkanes) is 2. The molecule has 0 aliphatic carbocycles. The number of carbonyl (C=O) groups excluding carboxylic acids is 3. The Kier molecular flexibility index (Phi) is 17.0. The third kappa shape index (κ3) is 12.6. The maximum atomic E-state index is 17.0. The van der Waals surface area contributed by atoms with Crippen molar-refractivity contribution in [3.63, 3.8) is 0 Å². The highest BCUT2D eigenvalue weighted by Crippen LogP contribution is 2.40. The van der Waals surface area contributed by atoms with Gasteiger partial charge in [0, 0.05) is 94.6 Å². The predicted octanol–water partition coefficient (Wildman–Crippen LogP) is 7.97. The molecule has 4 fully saturated rings. The van der Waals surface area contributed by atoms with Crippen molar-refractivity contribution in [1.82, 2.24) is 50.6 Å². The molecule has 0 spiro atoms. The van der Waals surface area contributed by atoms with Gasteiger partial charge in [-0.05, 0) is 98.5 Å². The fourth-order valence-corrected chi connectivity index (χ4v) is 12.5. The van der Waals surface area contributed by atoms with Crippen LogP contribution in [0.2, 0.25) is 0 Å². The number of phenols is 1. The lowest BCUT2D eigenvalue weighted by molar-refractivity contribution is -0.143. The Morgan fingerprint density at radius 1 is 0.924 bits per heavy atom. The fourth-order valence-electron chi connectivity index (χ4n) is 11.7. The average Bonchev–Trinajstić information content (AvgIpc) is 4.30. The number of aromatic nitrogens is 4. The highest BCUT2D eigenvalue weighted by Gasteiger charge is 2.42. The summed E-state index contributed by atoms with van der Waals surface area (Å²) in [5.74, 6) is 0.853. The standard InChI is InChI=1S/C60H71F2N11O5S/c1-6-44-47(61)21-18-40-30-43(74)31-45(50(40)44)52-51(62)53-46(33-63-52)56(72-34-41-19-20-42(35-72)66-41)69-59(68-53)78-29-11-23-71-27-25-70(26-28-71)22-9-7-8-13-49(75)67-55(60(3,4)5)58(77)73-24-10-12-48(73)57(76)64-32-38-14-16-39(17-15-38)54-37(2)65-36-79-54/h1,14-18,21,30-31,33,36,41-42,48,55,66,74H,7-13,19-20,22-29,32,34-35H2,2-5H3,(H,64,76)(H,67,75)/t41?,42?,48-,55+/m0/s1. The number of pyridine rings is 1. The van der Waals surface area contributed by atoms with E-state index < -0.39 is 29.1 Å². The Balaban J connectivity index is 0.671. The normalized spacial score (nSPS) is 19.2. The lowest BCUT2D eigenvalue weighted by Gasteiger charge is -2.35. The summed E-state index contributed by atoms with van der Waals surface area (Å²) >= 11 is 1.60. The molecule has 10 rings (SSSR count). The molecule has 2 bridgehead atoms. The highest BCUT2D eigenvalue weighted by atomic mass is 32.1. The van der Waals surface area contributed by atoms with Gasteiger partial charge >= 0.3 is 6.01 Å². The van der Waals surface area contributed by atoms with Crippen LogP contribution in [0, 0.1) is 36.3 Å². The number of thiazole rings is 1. The molecule has 7 heterocycles. The van der Waals surface area contributed by atoms with E-state index in [0.29, 0.717) is 75.1 Å².